The number of carbonyl (C=O) groups excluding carboxylic acids is 1. The van der Waals surface area contributed by atoms with Crippen LogP contribution in [0.5, 0.6) is 0 Å². The molecule has 2 rings (SSSR count). The molecule has 0 atom stereocenters. The van der Waals surface area contributed by atoms with Gasteiger partial charge in [0.15, 0.2) is 5.78 Å². The van der Waals surface area contributed by atoms with Crippen LogP contribution in [0, 0.1) is 0 Å². The second-order valence-electron chi connectivity index (χ2n) is 3.10. The Bertz CT molecular complexity index is 357. The van der Waals surface area contributed by atoms with Crippen LogP contribution in [0.15, 0.2) is 0 Å². The Morgan fingerprint density at radius 3 is 3.08 bits per heavy atom. The van der Waals surface area contributed by atoms with Gasteiger partial charge < -0.3 is 10.5 Å². The molecule has 1 aromatic heterocycles. The molecule has 0 unspecified atom stereocenters. The van der Waals surface area contributed by atoms with Crippen molar-refractivity contribution in [2.75, 3.05) is 12.3 Å². The predicted octanol–water partition coefficient (Wildman–Crippen LogP) is 1.61. The quantitative estimate of drug-likeness (QED) is 0.696. The molecular formula is C9H11NO2S. The molecule has 13 heavy (non-hydrogen) atoms. The van der Waals surface area contributed by atoms with Gasteiger partial charge in [-0.3, -0.25) is 4.79 Å². The van der Waals surface area contributed by atoms with Gasteiger partial charge in [-0.2, -0.15) is 0 Å². The molecule has 0 aliphatic carbocycles. The molecule has 0 aromatic carbocycles. The topological polar surface area (TPSA) is 52.3 Å². The molecule has 0 amide bonds. The van der Waals surface area contributed by atoms with Gasteiger partial charge >= 0.3 is 0 Å². The lowest BCUT2D eigenvalue weighted by Crippen LogP contribution is -2.10. The summed E-state index contributed by atoms with van der Waals surface area (Å²) in [6.45, 7) is 2.87. The van der Waals surface area contributed by atoms with Crippen molar-refractivity contribution in [2.45, 2.75) is 20.0 Å². The third kappa shape index (κ3) is 1.36. The minimum absolute atomic E-state index is 0.0666. The van der Waals surface area contributed by atoms with E-state index in [1.807, 2.05) is 0 Å². The summed E-state index contributed by atoms with van der Waals surface area (Å²) in [5.74, 6) is 0.0666. The first-order valence-electron chi connectivity index (χ1n) is 4.19. The molecule has 4 heteroatoms. The van der Waals surface area contributed by atoms with Crippen LogP contribution in [-0.2, 0) is 17.8 Å². The third-order valence-corrected chi connectivity index (χ3v) is 3.23. The van der Waals surface area contributed by atoms with Crippen LogP contribution in [0.25, 0.3) is 0 Å². The Hall–Kier alpha value is -0.870. The van der Waals surface area contributed by atoms with Crippen molar-refractivity contribution >= 4 is 22.1 Å². The van der Waals surface area contributed by atoms with Gasteiger partial charge in [0.05, 0.1) is 23.8 Å². The second kappa shape index (κ2) is 3.12. The highest BCUT2D eigenvalue weighted by Crippen LogP contribution is 2.34. The Morgan fingerprint density at radius 1 is 1.62 bits per heavy atom. The fourth-order valence-corrected chi connectivity index (χ4v) is 2.74. The number of fused-ring (bicyclic) bond motifs is 1. The molecule has 0 saturated carbocycles. The van der Waals surface area contributed by atoms with E-state index in [0.717, 1.165) is 22.4 Å². The minimum atomic E-state index is 0.0666. The van der Waals surface area contributed by atoms with Crippen molar-refractivity contribution in [1.29, 1.82) is 0 Å². The lowest BCUT2D eigenvalue weighted by Gasteiger charge is -2.12. The Morgan fingerprint density at radius 2 is 2.38 bits per heavy atom. The molecule has 1 aromatic rings. The molecule has 70 valence electrons. The highest BCUT2D eigenvalue weighted by molar-refractivity contribution is 7.16. The highest BCUT2D eigenvalue weighted by Gasteiger charge is 2.21. The number of nitrogen functional groups attached to an aromatic ring is 1. The molecule has 0 spiro atoms. The normalized spacial score (nSPS) is 15.5. The first-order chi connectivity index (χ1) is 6.20. The Labute approximate surface area is 80.5 Å². The van der Waals surface area contributed by atoms with E-state index in [1.54, 1.807) is 6.92 Å². The summed E-state index contributed by atoms with van der Waals surface area (Å²) in [6, 6.07) is 0. The van der Waals surface area contributed by atoms with Crippen molar-refractivity contribution in [2.24, 2.45) is 0 Å². The first kappa shape index (κ1) is 8.72. The van der Waals surface area contributed by atoms with Crippen LogP contribution in [0.1, 0.15) is 27.7 Å². The van der Waals surface area contributed by atoms with Crippen molar-refractivity contribution in [3.63, 3.8) is 0 Å². The highest BCUT2D eigenvalue weighted by atomic mass is 32.1. The third-order valence-electron chi connectivity index (χ3n) is 2.20. The summed E-state index contributed by atoms with van der Waals surface area (Å²) < 4.78 is 5.29. The molecule has 2 N–H and O–H groups in total. The monoisotopic (exact) mass is 197 g/mol. The second-order valence-corrected chi connectivity index (χ2v) is 4.24. The van der Waals surface area contributed by atoms with E-state index in [9.17, 15) is 4.79 Å². The SMILES string of the molecule is CC(=O)c1c(N)sc2c1CCOC2. The summed E-state index contributed by atoms with van der Waals surface area (Å²) >= 11 is 1.48. The first-order valence-corrected chi connectivity index (χ1v) is 5.00. The molecule has 1 aliphatic rings. The van der Waals surface area contributed by atoms with E-state index in [-0.39, 0.29) is 5.78 Å². The fourth-order valence-electron chi connectivity index (χ4n) is 1.64. The minimum Gasteiger partial charge on any atom is -0.390 e. The van der Waals surface area contributed by atoms with E-state index in [1.165, 1.54) is 11.3 Å². The molecular weight excluding hydrogens is 186 g/mol. The van der Waals surface area contributed by atoms with Crippen LogP contribution in [0.2, 0.25) is 0 Å². The summed E-state index contributed by atoms with van der Waals surface area (Å²) in [5.41, 5.74) is 7.60. The van der Waals surface area contributed by atoms with Gasteiger partial charge in [-0.25, -0.2) is 0 Å². The number of anilines is 1. The van der Waals surface area contributed by atoms with E-state index in [2.05, 4.69) is 0 Å². The summed E-state index contributed by atoms with van der Waals surface area (Å²) in [6.07, 6.45) is 0.817. The van der Waals surface area contributed by atoms with E-state index < -0.39 is 0 Å². The van der Waals surface area contributed by atoms with Gasteiger partial charge in [-0.1, -0.05) is 0 Å². The molecule has 0 radical (unpaired) electrons. The summed E-state index contributed by atoms with van der Waals surface area (Å²) in [4.78, 5) is 12.4. The van der Waals surface area contributed by atoms with E-state index in [4.69, 9.17) is 10.5 Å². The van der Waals surface area contributed by atoms with Gasteiger partial charge in [-0.05, 0) is 18.9 Å². The van der Waals surface area contributed by atoms with E-state index >= 15 is 0 Å². The molecule has 2 heterocycles. The maximum Gasteiger partial charge on any atom is 0.163 e. The maximum atomic E-state index is 11.3. The zero-order chi connectivity index (χ0) is 9.42. The average Bonchev–Trinajstić information content (AvgIpc) is 2.39. The number of hydrogen-bond acceptors (Lipinski definition) is 4. The van der Waals surface area contributed by atoms with Crippen molar-refractivity contribution in [3.05, 3.63) is 16.0 Å². The largest absolute Gasteiger partial charge is 0.390 e. The van der Waals surface area contributed by atoms with Crippen molar-refractivity contribution in [3.8, 4) is 0 Å². The van der Waals surface area contributed by atoms with Crippen LogP contribution in [0.4, 0.5) is 5.00 Å². The number of nitrogens with two attached hydrogens (primary N) is 1. The van der Waals surface area contributed by atoms with Gasteiger partial charge in [0.25, 0.3) is 0 Å². The van der Waals surface area contributed by atoms with Gasteiger partial charge in [0, 0.05) is 4.88 Å². The smallest absolute Gasteiger partial charge is 0.163 e. The average molecular weight is 197 g/mol. The summed E-state index contributed by atoms with van der Waals surface area (Å²) in [7, 11) is 0. The van der Waals surface area contributed by atoms with Gasteiger partial charge in [0.1, 0.15) is 0 Å². The Balaban J connectivity index is 2.54. The number of ether oxygens (including phenoxy) is 1. The molecule has 0 bridgehead atoms. The molecule has 3 nitrogen and oxygen atoms in total. The van der Waals surface area contributed by atoms with Crippen molar-refractivity contribution < 1.29 is 9.53 Å². The predicted molar refractivity (Wildman–Crippen MR) is 52.1 cm³/mol. The number of rotatable bonds is 1. The number of hydrogen-bond donors (Lipinski definition) is 1. The lowest BCUT2D eigenvalue weighted by molar-refractivity contribution is 0.100. The fraction of sp³-hybridized carbons (Fsp3) is 0.444. The van der Waals surface area contributed by atoms with Crippen LogP contribution in [0.3, 0.4) is 0 Å². The van der Waals surface area contributed by atoms with Crippen LogP contribution < -0.4 is 5.73 Å². The lowest BCUT2D eigenvalue weighted by atomic mass is 10.0. The number of thiophene rings is 1. The summed E-state index contributed by atoms with van der Waals surface area (Å²) in [5, 5.41) is 0.642. The zero-order valence-electron chi connectivity index (χ0n) is 7.42. The molecule has 0 saturated heterocycles. The Kier molecular flexibility index (Phi) is 2.09. The van der Waals surface area contributed by atoms with Crippen LogP contribution in [-0.4, -0.2) is 12.4 Å². The van der Waals surface area contributed by atoms with Crippen molar-refractivity contribution in [1.82, 2.24) is 0 Å². The molecule has 1 aliphatic heterocycles. The number of carbonyl (C=O) groups is 1. The number of Topliss-reactive ketones (excluding diaryl/α,β-unsaturated/α-hetero) is 1. The van der Waals surface area contributed by atoms with E-state index in [0.29, 0.717) is 18.2 Å². The maximum absolute atomic E-state index is 11.3. The number of ketones is 1. The standard InChI is InChI=1S/C9H11NO2S/c1-5(11)8-6-2-3-12-4-7(6)13-9(8)10/h2-4,10H2,1H3. The van der Waals surface area contributed by atoms with Gasteiger partial charge in [-0.15, -0.1) is 11.3 Å². The molecule has 0 fully saturated rings. The van der Waals surface area contributed by atoms with Gasteiger partial charge in [0.2, 0.25) is 0 Å². The zero-order valence-corrected chi connectivity index (χ0v) is 8.24. The van der Waals surface area contributed by atoms with Crippen LogP contribution >= 0.6 is 11.3 Å².